The minimum atomic E-state index is 0.691. The van der Waals surface area contributed by atoms with Crippen LogP contribution in [-0.2, 0) is 13.1 Å². The molecule has 0 bridgehead atoms. The van der Waals surface area contributed by atoms with Crippen molar-refractivity contribution in [2.24, 2.45) is 0 Å². The van der Waals surface area contributed by atoms with E-state index in [1.807, 2.05) is 18.5 Å². The van der Waals surface area contributed by atoms with Crippen molar-refractivity contribution >= 4 is 0 Å². The molecular formula is C21H29N3. The molecule has 2 aromatic rings. The second-order valence-electron chi connectivity index (χ2n) is 6.94. The zero-order valence-corrected chi connectivity index (χ0v) is 15.0. The molecule has 0 spiro atoms. The van der Waals surface area contributed by atoms with Gasteiger partial charge in [-0.2, -0.15) is 0 Å². The van der Waals surface area contributed by atoms with E-state index in [4.69, 9.17) is 0 Å². The van der Waals surface area contributed by atoms with Crippen molar-refractivity contribution in [1.82, 2.24) is 14.8 Å². The van der Waals surface area contributed by atoms with Crippen LogP contribution in [0.25, 0.3) is 0 Å². The van der Waals surface area contributed by atoms with Gasteiger partial charge in [0.15, 0.2) is 0 Å². The van der Waals surface area contributed by atoms with Gasteiger partial charge in [0.2, 0.25) is 0 Å². The summed E-state index contributed by atoms with van der Waals surface area (Å²) >= 11 is 0. The van der Waals surface area contributed by atoms with E-state index in [0.29, 0.717) is 6.04 Å². The maximum atomic E-state index is 4.28. The maximum Gasteiger partial charge on any atom is 0.0312 e. The highest BCUT2D eigenvalue weighted by atomic mass is 15.2. The highest BCUT2D eigenvalue weighted by Gasteiger charge is 2.25. The number of likely N-dealkylation sites (tertiary alicyclic amines) is 1. The first kappa shape index (κ1) is 17.1. The summed E-state index contributed by atoms with van der Waals surface area (Å²) in [5.74, 6) is 0. The first-order chi connectivity index (χ1) is 11.7. The predicted molar refractivity (Wildman–Crippen MR) is 99.8 cm³/mol. The molecule has 0 radical (unpaired) electrons. The third kappa shape index (κ3) is 4.65. The van der Waals surface area contributed by atoms with Crippen LogP contribution in [0.1, 0.15) is 36.5 Å². The molecule has 0 N–H and O–H groups in total. The second kappa shape index (κ2) is 8.41. The van der Waals surface area contributed by atoms with Crippen molar-refractivity contribution < 1.29 is 0 Å². The number of aryl methyl sites for hydroxylation is 1. The first-order valence-corrected chi connectivity index (χ1v) is 9.15. The highest BCUT2D eigenvalue weighted by Crippen LogP contribution is 2.20. The van der Waals surface area contributed by atoms with E-state index in [0.717, 1.165) is 26.2 Å². The summed E-state index contributed by atoms with van der Waals surface area (Å²) in [5, 5.41) is 0. The van der Waals surface area contributed by atoms with E-state index >= 15 is 0 Å². The molecular weight excluding hydrogens is 294 g/mol. The maximum absolute atomic E-state index is 4.28. The number of aromatic nitrogens is 1. The zero-order chi connectivity index (χ0) is 16.8. The minimum absolute atomic E-state index is 0.691. The van der Waals surface area contributed by atoms with Gasteiger partial charge in [0.05, 0.1) is 0 Å². The van der Waals surface area contributed by atoms with Gasteiger partial charge >= 0.3 is 0 Å². The van der Waals surface area contributed by atoms with Crippen LogP contribution in [0.15, 0.2) is 48.8 Å². The van der Waals surface area contributed by atoms with Crippen molar-refractivity contribution in [1.29, 1.82) is 0 Å². The number of nitrogens with zero attached hydrogens (tertiary/aromatic N) is 3. The Labute approximate surface area is 146 Å². The Kier molecular flexibility index (Phi) is 6.00. The number of hydrogen-bond donors (Lipinski definition) is 0. The quantitative estimate of drug-likeness (QED) is 0.771. The third-order valence-electron chi connectivity index (χ3n) is 4.99. The Bertz CT molecular complexity index is 626. The lowest BCUT2D eigenvalue weighted by Gasteiger charge is -2.30. The molecule has 1 aliphatic rings. The van der Waals surface area contributed by atoms with Gasteiger partial charge in [0.1, 0.15) is 0 Å². The van der Waals surface area contributed by atoms with E-state index in [-0.39, 0.29) is 0 Å². The van der Waals surface area contributed by atoms with Gasteiger partial charge in [-0.3, -0.25) is 14.8 Å². The van der Waals surface area contributed by atoms with Crippen LogP contribution < -0.4 is 0 Å². The summed E-state index contributed by atoms with van der Waals surface area (Å²) in [6.45, 7) is 9.98. The Morgan fingerprint density at radius 1 is 1.17 bits per heavy atom. The van der Waals surface area contributed by atoms with Crippen molar-refractivity contribution in [3.63, 3.8) is 0 Å². The third-order valence-corrected chi connectivity index (χ3v) is 4.99. The van der Waals surface area contributed by atoms with Gasteiger partial charge in [-0.15, -0.1) is 0 Å². The van der Waals surface area contributed by atoms with Crippen molar-refractivity contribution in [2.45, 2.75) is 45.8 Å². The molecule has 0 saturated carbocycles. The normalized spacial score (nSPS) is 18.4. The zero-order valence-electron chi connectivity index (χ0n) is 15.0. The van der Waals surface area contributed by atoms with Gasteiger partial charge in [-0.25, -0.2) is 0 Å². The van der Waals surface area contributed by atoms with Crippen LogP contribution in [-0.4, -0.2) is 40.5 Å². The topological polar surface area (TPSA) is 19.4 Å². The lowest BCUT2D eigenvalue weighted by molar-refractivity contribution is 0.166. The summed E-state index contributed by atoms with van der Waals surface area (Å²) < 4.78 is 0. The molecule has 1 unspecified atom stereocenters. The van der Waals surface area contributed by atoms with Crippen molar-refractivity contribution in [3.05, 3.63) is 65.5 Å². The SMILES string of the molecule is CCN1CCCC1CN(Cc1cccnc1)Cc1cccc(C)c1. The van der Waals surface area contributed by atoms with E-state index in [2.05, 4.69) is 59.0 Å². The molecule has 3 nitrogen and oxygen atoms in total. The van der Waals surface area contributed by atoms with Crippen LogP contribution in [0, 0.1) is 6.92 Å². The van der Waals surface area contributed by atoms with Crippen LogP contribution in [0.2, 0.25) is 0 Å². The smallest absolute Gasteiger partial charge is 0.0312 e. The summed E-state index contributed by atoms with van der Waals surface area (Å²) in [6.07, 6.45) is 6.51. The Morgan fingerprint density at radius 2 is 2.00 bits per heavy atom. The average molecular weight is 323 g/mol. The molecule has 1 saturated heterocycles. The lowest BCUT2D eigenvalue weighted by atomic mass is 10.1. The summed E-state index contributed by atoms with van der Waals surface area (Å²) in [6, 6.07) is 13.8. The Balaban J connectivity index is 1.72. The van der Waals surface area contributed by atoms with Gasteiger partial charge in [0.25, 0.3) is 0 Å². The first-order valence-electron chi connectivity index (χ1n) is 9.15. The van der Waals surface area contributed by atoms with E-state index < -0.39 is 0 Å². The van der Waals surface area contributed by atoms with Crippen LogP contribution in [0.4, 0.5) is 0 Å². The molecule has 1 aromatic carbocycles. The largest absolute Gasteiger partial charge is 0.299 e. The molecule has 128 valence electrons. The standard InChI is InChI=1S/C21H29N3/c1-3-24-12-6-10-21(24)17-23(16-20-9-5-11-22-14-20)15-19-8-4-7-18(2)13-19/h4-5,7-9,11,13-14,21H,3,6,10,12,15-17H2,1-2H3. The Morgan fingerprint density at radius 3 is 2.75 bits per heavy atom. The molecule has 0 amide bonds. The highest BCUT2D eigenvalue weighted by molar-refractivity contribution is 5.22. The second-order valence-corrected chi connectivity index (χ2v) is 6.94. The minimum Gasteiger partial charge on any atom is -0.299 e. The van der Waals surface area contributed by atoms with Gasteiger partial charge < -0.3 is 0 Å². The summed E-state index contributed by atoms with van der Waals surface area (Å²) in [4.78, 5) is 9.50. The molecule has 0 aliphatic carbocycles. The number of likely N-dealkylation sites (N-methyl/N-ethyl adjacent to an activating group) is 1. The molecule has 1 aliphatic heterocycles. The van der Waals surface area contributed by atoms with Crippen molar-refractivity contribution in [2.75, 3.05) is 19.6 Å². The lowest BCUT2D eigenvalue weighted by Crippen LogP contribution is -2.39. The predicted octanol–water partition coefficient (Wildman–Crippen LogP) is 3.88. The molecule has 1 atom stereocenters. The fourth-order valence-electron chi connectivity index (χ4n) is 3.82. The summed E-state index contributed by atoms with van der Waals surface area (Å²) in [7, 11) is 0. The van der Waals surface area contributed by atoms with Gasteiger partial charge in [-0.1, -0.05) is 42.8 Å². The van der Waals surface area contributed by atoms with Crippen LogP contribution in [0.5, 0.6) is 0 Å². The average Bonchev–Trinajstić information content (AvgIpc) is 3.03. The van der Waals surface area contributed by atoms with E-state index in [1.54, 1.807) is 0 Å². The molecule has 2 heterocycles. The van der Waals surface area contributed by atoms with E-state index in [9.17, 15) is 0 Å². The molecule has 3 rings (SSSR count). The number of rotatable bonds is 7. The van der Waals surface area contributed by atoms with Crippen molar-refractivity contribution in [3.8, 4) is 0 Å². The fourth-order valence-corrected chi connectivity index (χ4v) is 3.82. The molecule has 1 fully saturated rings. The fraction of sp³-hybridized carbons (Fsp3) is 0.476. The summed E-state index contributed by atoms with van der Waals surface area (Å²) in [5.41, 5.74) is 4.04. The van der Waals surface area contributed by atoms with Crippen LogP contribution >= 0.6 is 0 Å². The monoisotopic (exact) mass is 323 g/mol. The number of benzene rings is 1. The molecule has 1 aromatic heterocycles. The van der Waals surface area contributed by atoms with Crippen LogP contribution in [0.3, 0.4) is 0 Å². The molecule has 24 heavy (non-hydrogen) atoms. The number of hydrogen-bond acceptors (Lipinski definition) is 3. The van der Waals surface area contributed by atoms with E-state index in [1.165, 1.54) is 36.1 Å². The Hall–Kier alpha value is -1.71. The van der Waals surface area contributed by atoms with Gasteiger partial charge in [0, 0.05) is 38.1 Å². The van der Waals surface area contributed by atoms with Gasteiger partial charge in [-0.05, 0) is 50.0 Å². The number of pyridine rings is 1. The molecule has 3 heteroatoms.